The lowest BCUT2D eigenvalue weighted by molar-refractivity contribution is -0.124. The van der Waals surface area contributed by atoms with E-state index in [-0.39, 0.29) is 23.8 Å². The van der Waals surface area contributed by atoms with Gasteiger partial charge in [-0.05, 0) is 18.9 Å². The number of nitrogens with one attached hydrogen (secondary N) is 1. The molecule has 7 heteroatoms. The molecule has 2 heterocycles. The fraction of sp³-hybridized carbons (Fsp3) is 0.600. The van der Waals surface area contributed by atoms with E-state index >= 15 is 0 Å². The second kappa shape index (κ2) is 6.92. The number of likely N-dealkylation sites (tertiary alicyclic amines) is 1. The molecule has 22 heavy (non-hydrogen) atoms. The second-order valence-corrected chi connectivity index (χ2v) is 6.72. The first-order valence-corrected chi connectivity index (χ1v) is 8.17. The summed E-state index contributed by atoms with van der Waals surface area (Å²) in [6.45, 7) is 4.97. The molecular formula is C15H21Cl2N3O2. The number of rotatable bonds is 3. The Morgan fingerprint density at radius 2 is 1.86 bits per heavy atom. The average Bonchev–Trinajstić information content (AvgIpc) is 2.75. The molecular weight excluding hydrogens is 325 g/mol. The first kappa shape index (κ1) is 17.2. The fourth-order valence-corrected chi connectivity index (χ4v) is 2.88. The number of nitrogens with zero attached hydrogens (tertiary/aromatic N) is 2. The monoisotopic (exact) mass is 345 g/mol. The van der Waals surface area contributed by atoms with E-state index in [4.69, 9.17) is 23.2 Å². The molecule has 0 radical (unpaired) electrons. The van der Waals surface area contributed by atoms with Gasteiger partial charge in [-0.2, -0.15) is 0 Å². The number of amides is 2. The van der Waals surface area contributed by atoms with E-state index in [0.29, 0.717) is 29.0 Å². The van der Waals surface area contributed by atoms with Crippen LogP contribution in [0.15, 0.2) is 6.07 Å². The van der Waals surface area contributed by atoms with Gasteiger partial charge in [-0.15, -0.1) is 0 Å². The predicted octanol–water partition coefficient (Wildman–Crippen LogP) is 2.71. The Hall–Kier alpha value is -1.20. The Labute approximate surface area is 140 Å². The van der Waals surface area contributed by atoms with Crippen molar-refractivity contribution in [2.75, 3.05) is 13.1 Å². The summed E-state index contributed by atoms with van der Waals surface area (Å²) in [5, 5.41) is 3.76. The van der Waals surface area contributed by atoms with Gasteiger partial charge in [0.15, 0.2) is 0 Å². The maximum absolute atomic E-state index is 12.5. The standard InChI is InChI=1S/C15H21Cl2N3O2/c1-9(2)14(21)18-10-4-6-20(7-5-10)15(22)12-8-11(16)13(17)19(12)3/h8-10H,4-7H2,1-3H3,(H,18,21). The molecule has 2 rings (SSSR count). The Kier molecular flexibility index (Phi) is 5.40. The molecule has 122 valence electrons. The summed E-state index contributed by atoms with van der Waals surface area (Å²) in [6, 6.07) is 1.73. The maximum atomic E-state index is 12.5. The lowest BCUT2D eigenvalue weighted by Gasteiger charge is -2.32. The van der Waals surface area contributed by atoms with Gasteiger partial charge in [0.1, 0.15) is 10.8 Å². The zero-order valence-corrected chi connectivity index (χ0v) is 14.5. The van der Waals surface area contributed by atoms with E-state index in [9.17, 15) is 9.59 Å². The molecule has 1 aromatic rings. The fourth-order valence-electron chi connectivity index (χ4n) is 2.50. The molecule has 1 fully saturated rings. The van der Waals surface area contributed by atoms with E-state index in [2.05, 4.69) is 5.32 Å². The van der Waals surface area contributed by atoms with Crippen LogP contribution in [-0.4, -0.2) is 40.4 Å². The number of halogens is 2. The molecule has 0 saturated carbocycles. The van der Waals surface area contributed by atoms with Crippen molar-refractivity contribution >= 4 is 35.0 Å². The largest absolute Gasteiger partial charge is 0.353 e. The topological polar surface area (TPSA) is 54.3 Å². The van der Waals surface area contributed by atoms with Crippen molar-refractivity contribution in [3.05, 3.63) is 21.9 Å². The van der Waals surface area contributed by atoms with Gasteiger partial charge in [-0.3, -0.25) is 9.59 Å². The molecule has 0 unspecified atom stereocenters. The first-order valence-electron chi connectivity index (χ1n) is 7.41. The third-order valence-electron chi connectivity index (χ3n) is 3.99. The van der Waals surface area contributed by atoms with Crippen molar-refractivity contribution in [2.45, 2.75) is 32.7 Å². The van der Waals surface area contributed by atoms with Crippen molar-refractivity contribution < 1.29 is 9.59 Å². The van der Waals surface area contributed by atoms with Crippen LogP contribution in [0.25, 0.3) is 0 Å². The van der Waals surface area contributed by atoms with Crippen LogP contribution in [0.2, 0.25) is 10.2 Å². The third-order valence-corrected chi connectivity index (χ3v) is 4.83. The van der Waals surface area contributed by atoms with E-state index in [1.54, 1.807) is 22.6 Å². The second-order valence-electron chi connectivity index (χ2n) is 5.96. The maximum Gasteiger partial charge on any atom is 0.270 e. The van der Waals surface area contributed by atoms with Gasteiger partial charge in [0.05, 0.1) is 5.02 Å². The Balaban J connectivity index is 1.95. The predicted molar refractivity (Wildman–Crippen MR) is 87.3 cm³/mol. The summed E-state index contributed by atoms with van der Waals surface area (Å²) in [5.41, 5.74) is 0.486. The van der Waals surface area contributed by atoms with Gasteiger partial charge < -0.3 is 14.8 Å². The highest BCUT2D eigenvalue weighted by Crippen LogP contribution is 2.26. The van der Waals surface area contributed by atoms with Crippen molar-refractivity contribution in [3.63, 3.8) is 0 Å². The van der Waals surface area contributed by atoms with Gasteiger partial charge in [-0.1, -0.05) is 37.0 Å². The third kappa shape index (κ3) is 3.58. The Morgan fingerprint density at radius 3 is 2.32 bits per heavy atom. The summed E-state index contributed by atoms with van der Waals surface area (Å²) < 4.78 is 1.60. The zero-order valence-electron chi connectivity index (χ0n) is 13.0. The van der Waals surface area contributed by atoms with Crippen LogP contribution < -0.4 is 5.32 Å². The molecule has 1 saturated heterocycles. The van der Waals surface area contributed by atoms with Gasteiger partial charge in [-0.25, -0.2) is 0 Å². The summed E-state index contributed by atoms with van der Waals surface area (Å²) in [4.78, 5) is 26.0. The van der Waals surface area contributed by atoms with Crippen LogP contribution >= 0.6 is 23.2 Å². The van der Waals surface area contributed by atoms with E-state index in [1.807, 2.05) is 13.8 Å². The van der Waals surface area contributed by atoms with E-state index < -0.39 is 0 Å². The summed E-state index contributed by atoms with van der Waals surface area (Å²) in [7, 11) is 1.72. The van der Waals surface area contributed by atoms with Crippen molar-refractivity contribution in [2.24, 2.45) is 13.0 Å². The van der Waals surface area contributed by atoms with Crippen LogP contribution in [0.1, 0.15) is 37.2 Å². The molecule has 0 bridgehead atoms. The molecule has 0 aliphatic carbocycles. The van der Waals surface area contributed by atoms with Crippen molar-refractivity contribution in [1.29, 1.82) is 0 Å². The number of carbonyl (C=O) groups is 2. The molecule has 2 amide bonds. The molecule has 0 atom stereocenters. The molecule has 5 nitrogen and oxygen atoms in total. The smallest absolute Gasteiger partial charge is 0.270 e. The first-order chi connectivity index (χ1) is 10.3. The Morgan fingerprint density at radius 1 is 1.27 bits per heavy atom. The minimum Gasteiger partial charge on any atom is -0.353 e. The van der Waals surface area contributed by atoms with Gasteiger partial charge >= 0.3 is 0 Å². The van der Waals surface area contributed by atoms with Crippen molar-refractivity contribution in [3.8, 4) is 0 Å². The van der Waals surface area contributed by atoms with Crippen LogP contribution in [-0.2, 0) is 11.8 Å². The van der Waals surface area contributed by atoms with Gasteiger partial charge in [0, 0.05) is 32.1 Å². The lowest BCUT2D eigenvalue weighted by Crippen LogP contribution is -2.47. The number of aromatic nitrogens is 1. The van der Waals surface area contributed by atoms with Gasteiger partial charge in [0.2, 0.25) is 5.91 Å². The lowest BCUT2D eigenvalue weighted by atomic mass is 10.0. The minimum atomic E-state index is -0.0788. The molecule has 1 aromatic heterocycles. The number of carbonyl (C=O) groups excluding carboxylic acids is 2. The zero-order chi connectivity index (χ0) is 16.4. The van der Waals surface area contributed by atoms with Crippen LogP contribution in [0.4, 0.5) is 0 Å². The average molecular weight is 346 g/mol. The number of hydrogen-bond acceptors (Lipinski definition) is 2. The van der Waals surface area contributed by atoms with Crippen LogP contribution in [0.5, 0.6) is 0 Å². The SMILES string of the molecule is CC(C)C(=O)NC1CCN(C(=O)c2cc(Cl)c(Cl)n2C)CC1. The highest BCUT2D eigenvalue weighted by Gasteiger charge is 2.27. The normalized spacial score (nSPS) is 16.2. The summed E-state index contributed by atoms with van der Waals surface area (Å²) >= 11 is 12.0. The quantitative estimate of drug-likeness (QED) is 0.915. The number of hydrogen-bond donors (Lipinski definition) is 1. The highest BCUT2D eigenvalue weighted by molar-refractivity contribution is 6.41. The highest BCUT2D eigenvalue weighted by atomic mass is 35.5. The molecule has 1 aliphatic heterocycles. The molecule has 1 N–H and O–H groups in total. The van der Waals surface area contributed by atoms with E-state index in [0.717, 1.165) is 12.8 Å². The van der Waals surface area contributed by atoms with Crippen LogP contribution in [0.3, 0.4) is 0 Å². The van der Waals surface area contributed by atoms with Crippen LogP contribution in [0, 0.1) is 5.92 Å². The Bertz CT molecular complexity index is 576. The summed E-state index contributed by atoms with van der Waals surface area (Å²) in [6.07, 6.45) is 1.52. The van der Waals surface area contributed by atoms with Crippen molar-refractivity contribution in [1.82, 2.24) is 14.8 Å². The minimum absolute atomic E-state index is 0.0210. The van der Waals surface area contributed by atoms with Gasteiger partial charge in [0.25, 0.3) is 5.91 Å². The summed E-state index contributed by atoms with van der Waals surface area (Å²) in [5.74, 6) is -0.0389. The molecule has 0 aromatic carbocycles. The van der Waals surface area contributed by atoms with E-state index in [1.165, 1.54) is 0 Å². The molecule has 1 aliphatic rings. The number of piperidine rings is 1. The molecule has 0 spiro atoms.